The summed E-state index contributed by atoms with van der Waals surface area (Å²) in [6, 6.07) is 15.3. The van der Waals surface area contributed by atoms with Crippen molar-refractivity contribution in [2.75, 3.05) is 0 Å². The third-order valence-electron chi connectivity index (χ3n) is 3.24. The van der Waals surface area contributed by atoms with Gasteiger partial charge in [-0.25, -0.2) is 0 Å². The van der Waals surface area contributed by atoms with E-state index in [0.717, 1.165) is 16.8 Å². The predicted octanol–water partition coefficient (Wildman–Crippen LogP) is 2.98. The topological polar surface area (TPSA) is 68.0 Å². The third kappa shape index (κ3) is 3.03. The van der Waals surface area contributed by atoms with Gasteiger partial charge in [0.15, 0.2) is 5.69 Å². The van der Waals surface area contributed by atoms with Crippen molar-refractivity contribution in [3.63, 3.8) is 0 Å². The highest BCUT2D eigenvalue weighted by Crippen LogP contribution is 2.20. The molecule has 0 spiro atoms. The Labute approximate surface area is 128 Å². The maximum absolute atomic E-state index is 12.0. The minimum atomic E-state index is -0.264. The maximum Gasteiger partial charge on any atom is 0.273 e. The number of hydrogen-bond donors (Lipinski definition) is 1. The SMILES string of the molecule is Cc1cc(C(=O)NCc2cccnc2-c2ccccc2)no1. The Morgan fingerprint density at radius 1 is 1.18 bits per heavy atom. The van der Waals surface area contributed by atoms with Crippen molar-refractivity contribution < 1.29 is 9.32 Å². The summed E-state index contributed by atoms with van der Waals surface area (Å²) < 4.78 is 4.91. The van der Waals surface area contributed by atoms with Crippen molar-refractivity contribution in [3.8, 4) is 11.3 Å². The molecule has 1 N–H and O–H groups in total. The second-order valence-electron chi connectivity index (χ2n) is 4.88. The van der Waals surface area contributed by atoms with E-state index in [4.69, 9.17) is 4.52 Å². The van der Waals surface area contributed by atoms with E-state index in [0.29, 0.717) is 12.3 Å². The van der Waals surface area contributed by atoms with Crippen LogP contribution in [0.25, 0.3) is 11.3 Å². The molecule has 5 heteroatoms. The van der Waals surface area contributed by atoms with E-state index < -0.39 is 0 Å². The van der Waals surface area contributed by atoms with Gasteiger partial charge in [0, 0.05) is 24.4 Å². The minimum absolute atomic E-state index is 0.264. The normalized spacial score (nSPS) is 10.4. The molecule has 1 aromatic carbocycles. The van der Waals surface area contributed by atoms with Crippen molar-refractivity contribution in [2.45, 2.75) is 13.5 Å². The molecule has 0 unspecified atom stereocenters. The summed E-state index contributed by atoms with van der Waals surface area (Å²) in [4.78, 5) is 16.4. The number of nitrogens with one attached hydrogen (secondary N) is 1. The van der Waals surface area contributed by atoms with Crippen LogP contribution >= 0.6 is 0 Å². The lowest BCUT2D eigenvalue weighted by Crippen LogP contribution is -2.23. The predicted molar refractivity (Wildman–Crippen MR) is 82.1 cm³/mol. The Balaban J connectivity index is 1.77. The molecule has 5 nitrogen and oxygen atoms in total. The lowest BCUT2D eigenvalue weighted by atomic mass is 10.1. The number of nitrogens with zero attached hydrogens (tertiary/aromatic N) is 2. The van der Waals surface area contributed by atoms with Gasteiger partial charge in [-0.15, -0.1) is 0 Å². The first-order chi connectivity index (χ1) is 10.7. The summed E-state index contributed by atoms with van der Waals surface area (Å²) >= 11 is 0. The molecule has 0 radical (unpaired) electrons. The number of aromatic nitrogens is 2. The van der Waals surface area contributed by atoms with Crippen molar-refractivity contribution in [2.24, 2.45) is 0 Å². The summed E-state index contributed by atoms with van der Waals surface area (Å²) in [6.07, 6.45) is 1.74. The molecular weight excluding hydrogens is 278 g/mol. The number of rotatable bonds is 4. The van der Waals surface area contributed by atoms with Gasteiger partial charge in [0.2, 0.25) is 0 Å². The van der Waals surface area contributed by atoms with E-state index in [1.807, 2.05) is 42.5 Å². The number of carbonyl (C=O) groups excluding carboxylic acids is 1. The van der Waals surface area contributed by atoms with Gasteiger partial charge in [0.1, 0.15) is 5.76 Å². The molecule has 3 rings (SSSR count). The van der Waals surface area contributed by atoms with Crippen LogP contribution in [0.2, 0.25) is 0 Å². The molecule has 2 heterocycles. The van der Waals surface area contributed by atoms with Gasteiger partial charge >= 0.3 is 0 Å². The fourth-order valence-electron chi connectivity index (χ4n) is 2.18. The Hall–Kier alpha value is -2.95. The van der Waals surface area contributed by atoms with Crippen LogP contribution in [0, 0.1) is 6.92 Å². The van der Waals surface area contributed by atoms with Crippen LogP contribution in [0.3, 0.4) is 0 Å². The molecule has 0 aliphatic carbocycles. The van der Waals surface area contributed by atoms with Crippen LogP contribution in [0.5, 0.6) is 0 Å². The molecule has 0 saturated carbocycles. The van der Waals surface area contributed by atoms with E-state index in [-0.39, 0.29) is 11.6 Å². The molecule has 0 aliphatic heterocycles. The molecule has 0 saturated heterocycles. The van der Waals surface area contributed by atoms with Crippen LogP contribution in [0.15, 0.2) is 59.3 Å². The van der Waals surface area contributed by atoms with E-state index in [1.54, 1.807) is 19.2 Å². The fraction of sp³-hybridized carbons (Fsp3) is 0.118. The number of aryl methyl sites for hydroxylation is 1. The monoisotopic (exact) mass is 293 g/mol. The van der Waals surface area contributed by atoms with Gasteiger partial charge in [-0.3, -0.25) is 9.78 Å². The average Bonchev–Trinajstić information content (AvgIpc) is 3.00. The molecule has 0 aliphatic rings. The highest BCUT2D eigenvalue weighted by Gasteiger charge is 2.12. The molecule has 110 valence electrons. The highest BCUT2D eigenvalue weighted by atomic mass is 16.5. The van der Waals surface area contributed by atoms with Crippen molar-refractivity contribution >= 4 is 5.91 Å². The number of amides is 1. The standard InChI is InChI=1S/C17H15N3O2/c1-12-10-15(20-22-12)17(21)19-11-14-8-5-9-18-16(14)13-6-3-2-4-7-13/h2-10H,11H2,1H3,(H,19,21). The molecule has 0 bridgehead atoms. The number of hydrogen-bond acceptors (Lipinski definition) is 4. The summed E-state index contributed by atoms with van der Waals surface area (Å²) in [5.41, 5.74) is 3.11. The first kappa shape index (κ1) is 14.0. The van der Waals surface area contributed by atoms with Gasteiger partial charge in [-0.05, 0) is 18.6 Å². The van der Waals surface area contributed by atoms with E-state index >= 15 is 0 Å². The lowest BCUT2D eigenvalue weighted by Gasteiger charge is -2.09. The van der Waals surface area contributed by atoms with Gasteiger partial charge in [0.25, 0.3) is 5.91 Å². The van der Waals surface area contributed by atoms with Crippen LogP contribution < -0.4 is 5.32 Å². The Bertz CT molecular complexity index is 781. The average molecular weight is 293 g/mol. The number of carbonyl (C=O) groups is 1. The second kappa shape index (κ2) is 6.22. The zero-order chi connectivity index (χ0) is 15.4. The third-order valence-corrected chi connectivity index (χ3v) is 3.24. The largest absolute Gasteiger partial charge is 0.361 e. The quantitative estimate of drug-likeness (QED) is 0.803. The first-order valence-corrected chi connectivity index (χ1v) is 6.95. The van der Waals surface area contributed by atoms with Crippen LogP contribution in [-0.4, -0.2) is 16.0 Å². The summed E-state index contributed by atoms with van der Waals surface area (Å²) in [5.74, 6) is 0.344. The summed E-state index contributed by atoms with van der Waals surface area (Å²) in [6.45, 7) is 2.13. The van der Waals surface area contributed by atoms with Crippen LogP contribution in [0.4, 0.5) is 0 Å². The smallest absolute Gasteiger partial charge is 0.273 e. The maximum atomic E-state index is 12.0. The fourth-order valence-corrected chi connectivity index (χ4v) is 2.18. The Morgan fingerprint density at radius 3 is 2.73 bits per heavy atom. The van der Waals surface area contributed by atoms with Crippen molar-refractivity contribution in [1.82, 2.24) is 15.5 Å². The first-order valence-electron chi connectivity index (χ1n) is 6.95. The van der Waals surface area contributed by atoms with Gasteiger partial charge in [-0.1, -0.05) is 41.6 Å². The van der Waals surface area contributed by atoms with Crippen molar-refractivity contribution in [3.05, 3.63) is 71.7 Å². The highest BCUT2D eigenvalue weighted by molar-refractivity contribution is 5.92. The molecule has 1 amide bonds. The molecule has 22 heavy (non-hydrogen) atoms. The van der Waals surface area contributed by atoms with Crippen molar-refractivity contribution in [1.29, 1.82) is 0 Å². The minimum Gasteiger partial charge on any atom is -0.361 e. The molecular formula is C17H15N3O2. The summed E-state index contributed by atoms with van der Waals surface area (Å²) in [5, 5.41) is 6.54. The van der Waals surface area contributed by atoms with Gasteiger partial charge in [0.05, 0.1) is 5.69 Å². The number of benzene rings is 1. The molecule has 0 atom stereocenters. The molecule has 3 aromatic rings. The van der Waals surface area contributed by atoms with Gasteiger partial charge in [-0.2, -0.15) is 0 Å². The van der Waals surface area contributed by atoms with E-state index in [1.165, 1.54) is 0 Å². The van der Waals surface area contributed by atoms with Gasteiger partial charge < -0.3 is 9.84 Å². The Morgan fingerprint density at radius 2 is 2.00 bits per heavy atom. The van der Waals surface area contributed by atoms with Crippen LogP contribution in [0.1, 0.15) is 21.8 Å². The molecule has 2 aromatic heterocycles. The zero-order valence-electron chi connectivity index (χ0n) is 12.1. The second-order valence-corrected chi connectivity index (χ2v) is 4.88. The zero-order valence-corrected chi connectivity index (χ0v) is 12.1. The number of pyridine rings is 1. The van der Waals surface area contributed by atoms with E-state index in [9.17, 15) is 4.79 Å². The summed E-state index contributed by atoms with van der Waals surface area (Å²) in [7, 11) is 0. The Kier molecular flexibility index (Phi) is 3.96. The van der Waals surface area contributed by atoms with Crippen LogP contribution in [-0.2, 0) is 6.54 Å². The lowest BCUT2D eigenvalue weighted by molar-refractivity contribution is 0.0942. The molecule has 0 fully saturated rings. The van der Waals surface area contributed by atoms with E-state index in [2.05, 4.69) is 15.5 Å².